The zero-order valence-corrected chi connectivity index (χ0v) is 16.4. The first-order chi connectivity index (χ1) is 15.0. The first-order valence-corrected chi connectivity index (χ1v) is 9.96. The van der Waals surface area contributed by atoms with Crippen molar-refractivity contribution in [3.63, 3.8) is 0 Å². The Morgan fingerprint density at radius 3 is 2.45 bits per heavy atom. The third kappa shape index (κ3) is 2.79. The number of carboxylic acid groups (broad SMARTS) is 1. The normalized spacial score (nSPS) is 27.8. The third-order valence-electron chi connectivity index (χ3n) is 6.31. The van der Waals surface area contributed by atoms with Gasteiger partial charge in [-0.3, -0.25) is 24.6 Å². The van der Waals surface area contributed by atoms with Crippen LogP contribution in [0.4, 0.5) is 0 Å². The lowest BCUT2D eigenvalue weighted by Gasteiger charge is -2.28. The number of para-hydroxylation sites is 1. The van der Waals surface area contributed by atoms with Gasteiger partial charge in [-0.05, 0) is 17.7 Å². The standard InChI is InChI=1S/C23H20N2O6/c26-12-23(22(29)30)18-17(19(24-23)16-10-14-8-4-5-9-15(14)31-16)20(27)25(21(18)28)11-13-6-2-1-3-7-13/h1-10,17-19,24,26H,11-12H2,(H,29,30). The summed E-state index contributed by atoms with van der Waals surface area (Å²) in [7, 11) is 0. The molecule has 2 aliphatic heterocycles. The van der Waals surface area contributed by atoms with E-state index in [1.54, 1.807) is 36.4 Å². The molecule has 2 amide bonds. The van der Waals surface area contributed by atoms with Gasteiger partial charge in [0.05, 0.1) is 31.0 Å². The van der Waals surface area contributed by atoms with Crippen molar-refractivity contribution in [3.05, 3.63) is 72.0 Å². The maximum Gasteiger partial charge on any atom is 0.327 e. The molecule has 0 spiro atoms. The van der Waals surface area contributed by atoms with E-state index < -0.39 is 47.8 Å². The number of aliphatic hydroxyl groups excluding tert-OH is 1. The molecule has 0 bridgehead atoms. The van der Waals surface area contributed by atoms with Crippen LogP contribution >= 0.6 is 0 Å². The van der Waals surface area contributed by atoms with E-state index in [1.807, 2.05) is 24.3 Å². The predicted octanol–water partition coefficient (Wildman–Crippen LogP) is 1.69. The van der Waals surface area contributed by atoms with Crippen molar-refractivity contribution in [2.75, 3.05) is 6.61 Å². The molecule has 2 aliphatic rings. The Morgan fingerprint density at radius 2 is 1.77 bits per heavy atom. The van der Waals surface area contributed by atoms with E-state index in [2.05, 4.69) is 5.32 Å². The Bertz CT molecular complexity index is 1160. The second-order valence-electron chi connectivity index (χ2n) is 7.99. The monoisotopic (exact) mass is 420 g/mol. The van der Waals surface area contributed by atoms with E-state index in [-0.39, 0.29) is 6.54 Å². The van der Waals surface area contributed by atoms with Gasteiger partial charge in [-0.2, -0.15) is 0 Å². The van der Waals surface area contributed by atoms with E-state index in [4.69, 9.17) is 4.42 Å². The molecule has 4 atom stereocenters. The molecule has 5 rings (SSSR count). The molecule has 158 valence electrons. The highest BCUT2D eigenvalue weighted by atomic mass is 16.4. The van der Waals surface area contributed by atoms with Gasteiger partial charge in [-0.25, -0.2) is 0 Å². The zero-order valence-electron chi connectivity index (χ0n) is 16.4. The maximum atomic E-state index is 13.4. The van der Waals surface area contributed by atoms with Gasteiger partial charge < -0.3 is 14.6 Å². The molecule has 1 aromatic heterocycles. The summed E-state index contributed by atoms with van der Waals surface area (Å²) < 4.78 is 5.90. The van der Waals surface area contributed by atoms with E-state index in [0.29, 0.717) is 11.3 Å². The molecule has 0 aliphatic carbocycles. The van der Waals surface area contributed by atoms with Gasteiger partial charge in [0, 0.05) is 5.39 Å². The number of nitrogens with one attached hydrogen (secondary N) is 1. The fourth-order valence-electron chi connectivity index (χ4n) is 4.79. The number of likely N-dealkylation sites (tertiary alicyclic amines) is 1. The number of nitrogens with zero attached hydrogens (tertiary/aromatic N) is 1. The molecular formula is C23H20N2O6. The van der Waals surface area contributed by atoms with Gasteiger partial charge in [0.25, 0.3) is 0 Å². The van der Waals surface area contributed by atoms with Crippen LogP contribution in [0.15, 0.2) is 65.1 Å². The number of hydrogen-bond acceptors (Lipinski definition) is 6. The highest BCUT2D eigenvalue weighted by Gasteiger charge is 2.69. The molecular weight excluding hydrogens is 400 g/mol. The van der Waals surface area contributed by atoms with Crippen LogP contribution in [0.25, 0.3) is 11.0 Å². The van der Waals surface area contributed by atoms with Gasteiger partial charge in [0.2, 0.25) is 11.8 Å². The fraction of sp³-hybridized carbons (Fsp3) is 0.261. The minimum Gasteiger partial charge on any atom is -0.480 e. The largest absolute Gasteiger partial charge is 0.480 e. The first-order valence-electron chi connectivity index (χ1n) is 9.96. The lowest BCUT2D eigenvalue weighted by atomic mass is 9.80. The number of fused-ring (bicyclic) bond motifs is 2. The van der Waals surface area contributed by atoms with Crippen LogP contribution in [0.1, 0.15) is 17.4 Å². The molecule has 3 aromatic rings. The van der Waals surface area contributed by atoms with Crippen molar-refractivity contribution < 1.29 is 29.0 Å². The molecule has 2 aromatic carbocycles. The molecule has 0 saturated carbocycles. The van der Waals surface area contributed by atoms with Gasteiger partial charge >= 0.3 is 5.97 Å². The predicted molar refractivity (Wildman–Crippen MR) is 109 cm³/mol. The van der Waals surface area contributed by atoms with Gasteiger partial charge in [-0.1, -0.05) is 48.5 Å². The number of rotatable bonds is 5. The van der Waals surface area contributed by atoms with Crippen LogP contribution in [0, 0.1) is 11.8 Å². The van der Waals surface area contributed by atoms with E-state index in [9.17, 15) is 24.6 Å². The number of carbonyl (C=O) groups excluding carboxylic acids is 2. The lowest BCUT2D eigenvalue weighted by Crippen LogP contribution is -2.58. The van der Waals surface area contributed by atoms with Crippen molar-refractivity contribution in [3.8, 4) is 0 Å². The van der Waals surface area contributed by atoms with Crippen LogP contribution in [0.2, 0.25) is 0 Å². The Labute approximate surface area is 177 Å². The Hall–Kier alpha value is -3.49. The Kier molecular flexibility index (Phi) is 4.42. The number of carboxylic acids is 1. The highest BCUT2D eigenvalue weighted by molar-refractivity contribution is 6.09. The van der Waals surface area contributed by atoms with E-state index in [1.165, 1.54) is 0 Å². The average Bonchev–Trinajstić information content (AvgIpc) is 3.43. The summed E-state index contributed by atoms with van der Waals surface area (Å²) >= 11 is 0. The Balaban J connectivity index is 1.59. The molecule has 0 radical (unpaired) electrons. The molecule has 3 heterocycles. The summed E-state index contributed by atoms with van der Waals surface area (Å²) in [4.78, 5) is 40.0. The van der Waals surface area contributed by atoms with Crippen molar-refractivity contribution in [1.29, 1.82) is 0 Å². The van der Waals surface area contributed by atoms with Crippen molar-refractivity contribution in [2.24, 2.45) is 11.8 Å². The quantitative estimate of drug-likeness (QED) is 0.537. The molecule has 3 N–H and O–H groups in total. The molecule has 2 fully saturated rings. The minimum atomic E-state index is -1.98. The van der Waals surface area contributed by atoms with Crippen LogP contribution in [-0.2, 0) is 20.9 Å². The van der Waals surface area contributed by atoms with Gasteiger partial charge in [0.15, 0.2) is 5.54 Å². The third-order valence-corrected chi connectivity index (χ3v) is 6.31. The Morgan fingerprint density at radius 1 is 1.06 bits per heavy atom. The van der Waals surface area contributed by atoms with E-state index >= 15 is 0 Å². The summed E-state index contributed by atoms with van der Waals surface area (Å²) in [6.45, 7) is -0.794. The van der Waals surface area contributed by atoms with Crippen molar-refractivity contribution in [2.45, 2.75) is 18.1 Å². The molecule has 31 heavy (non-hydrogen) atoms. The number of carbonyl (C=O) groups is 3. The van der Waals surface area contributed by atoms with Crippen LogP contribution in [0.3, 0.4) is 0 Å². The second-order valence-corrected chi connectivity index (χ2v) is 7.99. The van der Waals surface area contributed by atoms with E-state index in [0.717, 1.165) is 15.8 Å². The number of amides is 2. The number of aliphatic hydroxyl groups is 1. The van der Waals surface area contributed by atoms with Gasteiger partial charge in [0.1, 0.15) is 11.3 Å². The number of imide groups is 1. The number of benzene rings is 2. The SMILES string of the molecule is O=C1C2C(c3cc4ccccc4o3)NC(CO)(C(=O)O)C2C(=O)N1Cc1ccccc1. The summed E-state index contributed by atoms with van der Waals surface area (Å²) in [6, 6.07) is 17.1. The average molecular weight is 420 g/mol. The zero-order chi connectivity index (χ0) is 21.8. The topological polar surface area (TPSA) is 120 Å². The smallest absolute Gasteiger partial charge is 0.327 e. The van der Waals surface area contributed by atoms with Crippen LogP contribution < -0.4 is 5.32 Å². The summed E-state index contributed by atoms with van der Waals surface area (Å²) in [6.07, 6.45) is 0. The van der Waals surface area contributed by atoms with Crippen molar-refractivity contribution in [1.82, 2.24) is 10.2 Å². The molecule has 8 nitrogen and oxygen atoms in total. The fourth-order valence-corrected chi connectivity index (χ4v) is 4.79. The second kappa shape index (κ2) is 7.04. The van der Waals surface area contributed by atoms with Crippen LogP contribution in [0.5, 0.6) is 0 Å². The summed E-state index contributed by atoms with van der Waals surface area (Å²) in [5, 5.41) is 23.7. The highest BCUT2D eigenvalue weighted by Crippen LogP contribution is 2.49. The summed E-state index contributed by atoms with van der Waals surface area (Å²) in [5.74, 6) is -4.36. The summed E-state index contributed by atoms with van der Waals surface area (Å²) in [5.41, 5.74) is -0.639. The molecule has 2 saturated heterocycles. The molecule has 4 unspecified atom stereocenters. The van der Waals surface area contributed by atoms with Crippen LogP contribution in [-0.4, -0.2) is 45.0 Å². The first kappa shape index (κ1) is 19.5. The van der Waals surface area contributed by atoms with Crippen molar-refractivity contribution >= 4 is 28.8 Å². The number of hydrogen-bond donors (Lipinski definition) is 3. The number of aliphatic carboxylic acids is 1. The lowest BCUT2D eigenvalue weighted by molar-refractivity contribution is -0.153. The van der Waals surface area contributed by atoms with Gasteiger partial charge in [-0.15, -0.1) is 0 Å². The number of furan rings is 1. The maximum absolute atomic E-state index is 13.4. The minimum absolute atomic E-state index is 0.0412. The molecule has 8 heteroatoms.